The molecule has 7 heteroatoms. The minimum Gasteiger partial charge on any atom is -0.461 e. The molecule has 1 fully saturated rings. The first-order chi connectivity index (χ1) is 16.9. The summed E-state index contributed by atoms with van der Waals surface area (Å²) in [6, 6.07) is 9.81. The highest BCUT2D eigenvalue weighted by molar-refractivity contribution is 5.96. The van der Waals surface area contributed by atoms with Gasteiger partial charge in [0.2, 0.25) is 5.91 Å². The first kappa shape index (κ1) is 23.3. The van der Waals surface area contributed by atoms with E-state index in [4.69, 9.17) is 8.83 Å². The van der Waals surface area contributed by atoms with E-state index in [1.807, 2.05) is 56.1 Å². The number of carbonyl (C=O) groups excluding carboxylic acids is 1. The minimum absolute atomic E-state index is 0.0880. The fourth-order valence-electron chi connectivity index (χ4n) is 4.94. The molecule has 0 radical (unpaired) electrons. The van der Waals surface area contributed by atoms with Crippen molar-refractivity contribution in [3.05, 3.63) is 75.1 Å². The molecule has 7 nitrogen and oxygen atoms in total. The van der Waals surface area contributed by atoms with Crippen LogP contribution in [0, 0.1) is 20.8 Å². The lowest BCUT2D eigenvalue weighted by Gasteiger charge is -2.34. The average molecular weight is 474 g/mol. The number of carbonyl (C=O) groups is 1. The topological polar surface area (TPSA) is 79.8 Å². The quantitative estimate of drug-likeness (QED) is 0.391. The Hall–Kier alpha value is -3.45. The van der Waals surface area contributed by atoms with Gasteiger partial charge in [-0.25, -0.2) is 4.79 Å². The number of pyridine rings is 1. The highest BCUT2D eigenvalue weighted by Gasteiger charge is 2.22. The predicted octanol–water partition coefficient (Wildman–Crippen LogP) is 4.18. The van der Waals surface area contributed by atoms with Crippen molar-refractivity contribution in [3.8, 4) is 0 Å². The number of nitrogens with zero attached hydrogens (tertiary/aromatic N) is 3. The zero-order valence-electron chi connectivity index (χ0n) is 20.6. The van der Waals surface area contributed by atoms with Gasteiger partial charge in [-0.2, -0.15) is 0 Å². The third-order valence-electron chi connectivity index (χ3n) is 7.31. The van der Waals surface area contributed by atoms with Crippen LogP contribution in [0.25, 0.3) is 21.9 Å². The fourth-order valence-corrected chi connectivity index (χ4v) is 4.94. The van der Waals surface area contributed by atoms with Crippen LogP contribution < -0.4 is 5.63 Å². The van der Waals surface area contributed by atoms with E-state index in [0.29, 0.717) is 37.1 Å². The van der Waals surface area contributed by atoms with Gasteiger partial charge in [0.15, 0.2) is 0 Å². The van der Waals surface area contributed by atoms with Crippen LogP contribution in [0.3, 0.4) is 0 Å². The molecule has 4 aromatic rings. The van der Waals surface area contributed by atoms with Crippen LogP contribution in [0.4, 0.5) is 0 Å². The Kier molecular flexibility index (Phi) is 6.43. The number of furan rings is 1. The first-order valence-corrected chi connectivity index (χ1v) is 12.3. The van der Waals surface area contributed by atoms with Crippen LogP contribution in [-0.4, -0.2) is 53.4 Å². The molecule has 1 saturated heterocycles. The molecule has 3 aromatic heterocycles. The van der Waals surface area contributed by atoms with Crippen LogP contribution in [0.15, 0.2) is 50.2 Å². The number of aromatic nitrogens is 1. The molecule has 5 rings (SSSR count). The number of rotatable bonds is 6. The second kappa shape index (κ2) is 9.66. The highest BCUT2D eigenvalue weighted by atomic mass is 16.4. The summed E-state index contributed by atoms with van der Waals surface area (Å²) >= 11 is 0. The molecule has 0 aliphatic carbocycles. The van der Waals surface area contributed by atoms with Gasteiger partial charge in [-0.15, -0.1) is 0 Å². The van der Waals surface area contributed by atoms with Gasteiger partial charge in [-0.3, -0.25) is 14.7 Å². The molecule has 0 spiro atoms. The Morgan fingerprint density at radius 2 is 1.69 bits per heavy atom. The third-order valence-corrected chi connectivity index (χ3v) is 7.31. The number of aryl methyl sites for hydroxylation is 3. The first-order valence-electron chi connectivity index (χ1n) is 12.3. The molecule has 1 aromatic carbocycles. The van der Waals surface area contributed by atoms with Crippen molar-refractivity contribution in [1.82, 2.24) is 14.8 Å². The van der Waals surface area contributed by atoms with E-state index < -0.39 is 0 Å². The van der Waals surface area contributed by atoms with E-state index in [0.717, 1.165) is 65.0 Å². The number of hydrogen-bond donors (Lipinski definition) is 0. The van der Waals surface area contributed by atoms with Gasteiger partial charge in [0.05, 0.1) is 0 Å². The number of fused-ring (bicyclic) bond motifs is 2. The summed E-state index contributed by atoms with van der Waals surface area (Å²) in [6.07, 6.45) is 3.42. The van der Waals surface area contributed by atoms with E-state index in [-0.39, 0.29) is 11.5 Å². The second-order valence-electron chi connectivity index (χ2n) is 9.41. The Labute approximate surface area is 204 Å². The van der Waals surface area contributed by atoms with Gasteiger partial charge in [0.1, 0.15) is 16.9 Å². The largest absolute Gasteiger partial charge is 0.461 e. The minimum atomic E-state index is -0.374. The van der Waals surface area contributed by atoms with E-state index in [1.165, 1.54) is 0 Å². The van der Waals surface area contributed by atoms with Crippen molar-refractivity contribution in [2.75, 3.05) is 32.7 Å². The predicted molar refractivity (Wildman–Crippen MR) is 136 cm³/mol. The molecule has 0 saturated carbocycles. The zero-order chi connectivity index (χ0) is 24.5. The summed E-state index contributed by atoms with van der Waals surface area (Å²) in [5.41, 5.74) is 4.50. The van der Waals surface area contributed by atoms with Crippen LogP contribution in [0.2, 0.25) is 0 Å². The summed E-state index contributed by atoms with van der Waals surface area (Å²) < 4.78 is 11.4. The molecule has 1 aliphatic rings. The standard InChI is InChI=1S/C28H31N3O4/c1-18-20(3)34-25-17-26-24(16-23(18)25)19(2)22(28(33)35-26)7-8-27(32)31-14-12-30(13-15-31)11-9-21-6-4-5-10-29-21/h4-6,10,16-17H,7-9,11-15H2,1-3H3. The van der Waals surface area contributed by atoms with Crippen molar-refractivity contribution >= 4 is 27.8 Å². The Morgan fingerprint density at radius 3 is 2.43 bits per heavy atom. The lowest BCUT2D eigenvalue weighted by Crippen LogP contribution is -2.49. The smallest absolute Gasteiger partial charge is 0.339 e. The van der Waals surface area contributed by atoms with Crippen molar-refractivity contribution in [1.29, 1.82) is 0 Å². The number of benzene rings is 1. The number of piperazine rings is 1. The lowest BCUT2D eigenvalue weighted by atomic mass is 10.00. The molecule has 1 aliphatic heterocycles. The molecule has 0 unspecified atom stereocenters. The Balaban J connectivity index is 1.22. The van der Waals surface area contributed by atoms with E-state index in [9.17, 15) is 9.59 Å². The van der Waals surface area contributed by atoms with Crippen molar-refractivity contribution in [2.24, 2.45) is 0 Å². The second-order valence-corrected chi connectivity index (χ2v) is 9.41. The molecule has 0 atom stereocenters. The average Bonchev–Trinajstić information content (AvgIpc) is 3.14. The maximum Gasteiger partial charge on any atom is 0.339 e. The number of hydrogen-bond acceptors (Lipinski definition) is 6. The summed E-state index contributed by atoms with van der Waals surface area (Å²) in [5, 5.41) is 1.92. The number of amides is 1. The Bertz CT molecular complexity index is 1430. The monoisotopic (exact) mass is 473 g/mol. The summed E-state index contributed by atoms with van der Waals surface area (Å²) in [4.78, 5) is 34.3. The summed E-state index contributed by atoms with van der Waals surface area (Å²) in [5.74, 6) is 0.947. The molecule has 182 valence electrons. The Morgan fingerprint density at radius 1 is 0.943 bits per heavy atom. The van der Waals surface area contributed by atoms with Crippen LogP contribution in [0.1, 0.15) is 34.6 Å². The van der Waals surface area contributed by atoms with Crippen molar-refractivity contribution in [2.45, 2.75) is 40.0 Å². The van der Waals surface area contributed by atoms with Crippen LogP contribution in [-0.2, 0) is 17.6 Å². The molecular weight excluding hydrogens is 442 g/mol. The van der Waals surface area contributed by atoms with Crippen LogP contribution in [0.5, 0.6) is 0 Å². The maximum absolute atomic E-state index is 12.9. The summed E-state index contributed by atoms with van der Waals surface area (Å²) in [6.45, 7) is 9.98. The normalized spacial score (nSPS) is 14.8. The van der Waals surface area contributed by atoms with Crippen LogP contribution >= 0.6 is 0 Å². The van der Waals surface area contributed by atoms with Crippen molar-refractivity contribution in [3.63, 3.8) is 0 Å². The molecular formula is C28H31N3O4. The van der Waals surface area contributed by atoms with E-state index in [1.54, 1.807) is 6.07 Å². The van der Waals surface area contributed by atoms with Gasteiger partial charge < -0.3 is 13.7 Å². The molecule has 35 heavy (non-hydrogen) atoms. The van der Waals surface area contributed by atoms with E-state index >= 15 is 0 Å². The van der Waals surface area contributed by atoms with Gasteiger partial charge in [0, 0.05) is 79.9 Å². The molecule has 0 bridgehead atoms. The van der Waals surface area contributed by atoms with Gasteiger partial charge in [-0.05, 0) is 56.5 Å². The van der Waals surface area contributed by atoms with Crippen molar-refractivity contribution < 1.29 is 13.6 Å². The molecule has 1 amide bonds. The lowest BCUT2D eigenvalue weighted by molar-refractivity contribution is -0.132. The molecule has 0 N–H and O–H groups in total. The summed E-state index contributed by atoms with van der Waals surface area (Å²) in [7, 11) is 0. The third kappa shape index (κ3) is 4.73. The maximum atomic E-state index is 12.9. The molecule has 4 heterocycles. The zero-order valence-corrected chi connectivity index (χ0v) is 20.6. The SMILES string of the molecule is Cc1oc2cc3oc(=O)c(CCC(=O)N4CCN(CCc5ccccn5)CC4)c(C)c3cc2c1C. The van der Waals surface area contributed by atoms with E-state index in [2.05, 4.69) is 9.88 Å². The van der Waals surface area contributed by atoms with Gasteiger partial charge in [-0.1, -0.05) is 6.07 Å². The van der Waals surface area contributed by atoms with Gasteiger partial charge >= 0.3 is 5.63 Å². The highest BCUT2D eigenvalue weighted by Crippen LogP contribution is 2.31. The fraction of sp³-hybridized carbons (Fsp3) is 0.393. The van der Waals surface area contributed by atoms with Gasteiger partial charge in [0.25, 0.3) is 0 Å².